The van der Waals surface area contributed by atoms with Gasteiger partial charge in [-0.1, -0.05) is 0 Å². The van der Waals surface area contributed by atoms with Crippen molar-refractivity contribution in [3.63, 3.8) is 0 Å². The van der Waals surface area contributed by atoms with Crippen molar-refractivity contribution in [2.24, 2.45) is 23.5 Å². The summed E-state index contributed by atoms with van der Waals surface area (Å²) in [4.78, 5) is 12.1. The molecule has 5 unspecified atom stereocenters. The minimum absolute atomic E-state index is 0.0399. The zero-order valence-electron chi connectivity index (χ0n) is 10.1. The van der Waals surface area contributed by atoms with Crippen LogP contribution in [0.3, 0.4) is 0 Å². The van der Waals surface area contributed by atoms with Crippen LogP contribution in [0, 0.1) is 17.8 Å². The molecule has 2 bridgehead atoms. The van der Waals surface area contributed by atoms with Crippen molar-refractivity contribution in [2.45, 2.75) is 38.3 Å². The Labute approximate surface area is 96.9 Å². The van der Waals surface area contributed by atoms with Gasteiger partial charge in [0.25, 0.3) is 0 Å². The van der Waals surface area contributed by atoms with Crippen molar-refractivity contribution in [3.8, 4) is 0 Å². The van der Waals surface area contributed by atoms with E-state index in [2.05, 4.69) is 5.32 Å². The van der Waals surface area contributed by atoms with E-state index in [1.54, 1.807) is 7.11 Å². The average Bonchev–Trinajstić information content (AvgIpc) is 2.77. The van der Waals surface area contributed by atoms with Gasteiger partial charge >= 0.3 is 0 Å². The van der Waals surface area contributed by atoms with E-state index in [0.29, 0.717) is 18.4 Å². The average molecular weight is 226 g/mol. The lowest BCUT2D eigenvalue weighted by Gasteiger charge is -2.28. The summed E-state index contributed by atoms with van der Waals surface area (Å²) in [7, 11) is 1.64. The lowest BCUT2D eigenvalue weighted by Crippen LogP contribution is -2.48. The Morgan fingerprint density at radius 1 is 1.50 bits per heavy atom. The Morgan fingerprint density at radius 2 is 2.19 bits per heavy atom. The number of hydrogen-bond acceptors (Lipinski definition) is 3. The largest absolute Gasteiger partial charge is 0.383 e. The highest BCUT2D eigenvalue weighted by molar-refractivity contribution is 5.80. The molecule has 0 aromatic heterocycles. The standard InChI is InChI=1S/C12H22N2O2/c1-7(6-16-2)14-12(15)10-8-3-4-9(5-8)11(10)13/h7-11H,3-6,13H2,1-2H3,(H,14,15). The van der Waals surface area contributed by atoms with Crippen LogP contribution >= 0.6 is 0 Å². The third kappa shape index (κ3) is 2.09. The lowest BCUT2D eigenvalue weighted by molar-refractivity contribution is -0.128. The fourth-order valence-electron chi connectivity index (χ4n) is 3.36. The van der Waals surface area contributed by atoms with Gasteiger partial charge in [-0.3, -0.25) is 4.79 Å². The number of fused-ring (bicyclic) bond motifs is 2. The third-order valence-electron chi connectivity index (χ3n) is 4.09. The maximum Gasteiger partial charge on any atom is 0.225 e. The number of carbonyl (C=O) groups is 1. The molecule has 4 nitrogen and oxygen atoms in total. The van der Waals surface area contributed by atoms with Gasteiger partial charge in [-0.25, -0.2) is 0 Å². The fraction of sp³-hybridized carbons (Fsp3) is 0.917. The summed E-state index contributed by atoms with van der Waals surface area (Å²) in [6, 6.07) is 0.150. The number of methoxy groups -OCH3 is 1. The number of rotatable bonds is 4. The highest BCUT2D eigenvalue weighted by atomic mass is 16.5. The smallest absolute Gasteiger partial charge is 0.225 e. The first-order valence-electron chi connectivity index (χ1n) is 6.18. The number of carbonyl (C=O) groups excluding carboxylic acids is 1. The molecule has 0 saturated heterocycles. The summed E-state index contributed by atoms with van der Waals surface area (Å²) in [6.07, 6.45) is 3.54. The summed E-state index contributed by atoms with van der Waals surface area (Å²) in [5, 5.41) is 2.99. The molecule has 2 fully saturated rings. The summed E-state index contributed by atoms with van der Waals surface area (Å²) < 4.78 is 5.01. The fourth-order valence-corrected chi connectivity index (χ4v) is 3.36. The van der Waals surface area contributed by atoms with Crippen LogP contribution in [0.1, 0.15) is 26.2 Å². The molecular weight excluding hydrogens is 204 g/mol. The number of nitrogens with one attached hydrogen (secondary N) is 1. The van der Waals surface area contributed by atoms with E-state index in [1.165, 1.54) is 12.8 Å². The predicted molar refractivity (Wildman–Crippen MR) is 61.8 cm³/mol. The van der Waals surface area contributed by atoms with Gasteiger partial charge in [0.1, 0.15) is 0 Å². The monoisotopic (exact) mass is 226 g/mol. The number of nitrogens with two attached hydrogens (primary N) is 1. The van der Waals surface area contributed by atoms with Gasteiger partial charge in [0, 0.05) is 19.2 Å². The Balaban J connectivity index is 1.90. The number of hydrogen-bond donors (Lipinski definition) is 2. The van der Waals surface area contributed by atoms with Gasteiger partial charge in [-0.15, -0.1) is 0 Å². The molecule has 0 aromatic rings. The Bertz CT molecular complexity index is 268. The second kappa shape index (κ2) is 4.72. The molecule has 2 rings (SSSR count). The summed E-state index contributed by atoms with van der Waals surface area (Å²) in [5.74, 6) is 1.27. The maximum absolute atomic E-state index is 12.1. The molecule has 1 amide bonds. The molecule has 2 saturated carbocycles. The van der Waals surface area contributed by atoms with Crippen molar-refractivity contribution in [1.29, 1.82) is 0 Å². The molecule has 5 atom stereocenters. The minimum Gasteiger partial charge on any atom is -0.383 e. The van der Waals surface area contributed by atoms with Crippen molar-refractivity contribution in [1.82, 2.24) is 5.32 Å². The van der Waals surface area contributed by atoms with E-state index in [1.807, 2.05) is 6.92 Å². The molecule has 0 aliphatic heterocycles. The Morgan fingerprint density at radius 3 is 2.75 bits per heavy atom. The van der Waals surface area contributed by atoms with Gasteiger partial charge in [-0.2, -0.15) is 0 Å². The van der Waals surface area contributed by atoms with E-state index in [0.717, 1.165) is 6.42 Å². The lowest BCUT2D eigenvalue weighted by atomic mass is 9.84. The molecule has 0 aromatic carbocycles. The Hall–Kier alpha value is -0.610. The van der Waals surface area contributed by atoms with Crippen molar-refractivity contribution in [2.75, 3.05) is 13.7 Å². The SMILES string of the molecule is COCC(C)NC(=O)C1C2CCC(C2)C1N. The number of amides is 1. The quantitative estimate of drug-likeness (QED) is 0.734. The highest BCUT2D eigenvalue weighted by Crippen LogP contribution is 2.47. The second-order valence-electron chi connectivity index (χ2n) is 5.30. The molecule has 92 valence electrons. The summed E-state index contributed by atoms with van der Waals surface area (Å²) in [6.45, 7) is 2.52. The van der Waals surface area contributed by atoms with E-state index in [-0.39, 0.29) is 23.9 Å². The van der Waals surface area contributed by atoms with Gasteiger partial charge < -0.3 is 15.8 Å². The molecule has 4 heteroatoms. The molecule has 3 N–H and O–H groups in total. The normalized spacial score (nSPS) is 38.7. The van der Waals surface area contributed by atoms with E-state index < -0.39 is 0 Å². The minimum atomic E-state index is 0.0399. The predicted octanol–water partition coefficient (Wildman–Crippen LogP) is 0.511. The Kier molecular flexibility index (Phi) is 3.50. The van der Waals surface area contributed by atoms with Crippen molar-refractivity contribution < 1.29 is 9.53 Å². The molecule has 16 heavy (non-hydrogen) atoms. The van der Waals surface area contributed by atoms with Crippen LogP contribution in [0.4, 0.5) is 0 Å². The molecule has 0 spiro atoms. The van der Waals surface area contributed by atoms with Crippen LogP contribution in [0.5, 0.6) is 0 Å². The zero-order valence-corrected chi connectivity index (χ0v) is 10.1. The topological polar surface area (TPSA) is 64.3 Å². The first kappa shape index (κ1) is 11.9. The molecule has 0 radical (unpaired) electrons. The van der Waals surface area contributed by atoms with Crippen molar-refractivity contribution in [3.05, 3.63) is 0 Å². The first-order valence-corrected chi connectivity index (χ1v) is 6.18. The summed E-state index contributed by atoms with van der Waals surface area (Å²) >= 11 is 0. The van der Waals surface area contributed by atoms with Gasteiger partial charge in [-0.05, 0) is 38.0 Å². The molecule has 0 heterocycles. The summed E-state index contributed by atoms with van der Waals surface area (Å²) in [5.41, 5.74) is 6.12. The van der Waals surface area contributed by atoms with Crippen LogP contribution < -0.4 is 11.1 Å². The van der Waals surface area contributed by atoms with Crippen molar-refractivity contribution >= 4 is 5.91 Å². The van der Waals surface area contributed by atoms with E-state index >= 15 is 0 Å². The van der Waals surface area contributed by atoms with Crippen LogP contribution in [0.15, 0.2) is 0 Å². The van der Waals surface area contributed by atoms with Crippen LogP contribution in [-0.4, -0.2) is 31.7 Å². The molecule has 2 aliphatic carbocycles. The van der Waals surface area contributed by atoms with E-state index in [9.17, 15) is 4.79 Å². The van der Waals surface area contributed by atoms with Gasteiger partial charge in [0.2, 0.25) is 5.91 Å². The maximum atomic E-state index is 12.1. The van der Waals surface area contributed by atoms with Crippen LogP contribution in [0.25, 0.3) is 0 Å². The van der Waals surface area contributed by atoms with Gasteiger partial charge in [0.15, 0.2) is 0 Å². The number of ether oxygens (including phenoxy) is 1. The molecule has 2 aliphatic rings. The highest BCUT2D eigenvalue weighted by Gasteiger charge is 2.49. The second-order valence-corrected chi connectivity index (χ2v) is 5.30. The van der Waals surface area contributed by atoms with Crippen LogP contribution in [-0.2, 0) is 9.53 Å². The third-order valence-corrected chi connectivity index (χ3v) is 4.09. The van der Waals surface area contributed by atoms with Gasteiger partial charge in [0.05, 0.1) is 12.5 Å². The first-order chi connectivity index (χ1) is 7.63. The van der Waals surface area contributed by atoms with Crippen LogP contribution in [0.2, 0.25) is 0 Å². The van der Waals surface area contributed by atoms with E-state index in [4.69, 9.17) is 10.5 Å². The zero-order chi connectivity index (χ0) is 11.7. The molecular formula is C12H22N2O2.